The molecule has 3 rings (SSSR count). The molecular formula is C13H18BNO2. The minimum absolute atomic E-state index is 0.116. The van der Waals surface area contributed by atoms with Crippen LogP contribution >= 0.6 is 0 Å². The van der Waals surface area contributed by atoms with Gasteiger partial charge in [-0.25, -0.2) is 0 Å². The van der Waals surface area contributed by atoms with Crippen LogP contribution in [0.2, 0.25) is 0 Å². The zero-order chi connectivity index (χ0) is 11.9. The highest BCUT2D eigenvalue weighted by molar-refractivity contribution is 6.60. The van der Waals surface area contributed by atoms with Crippen molar-refractivity contribution in [3.05, 3.63) is 23.9 Å². The molecule has 1 saturated heterocycles. The van der Waals surface area contributed by atoms with E-state index in [2.05, 4.69) is 31.0 Å². The van der Waals surface area contributed by atoms with Crippen molar-refractivity contribution in [2.75, 3.05) is 13.2 Å². The summed E-state index contributed by atoms with van der Waals surface area (Å²) in [6.07, 6.45) is 4.49. The van der Waals surface area contributed by atoms with Crippen molar-refractivity contribution in [2.45, 2.75) is 32.6 Å². The lowest BCUT2D eigenvalue weighted by Gasteiger charge is -2.32. The number of nitrogens with zero attached hydrogens (tertiary/aromatic N) is 1. The Labute approximate surface area is 103 Å². The maximum absolute atomic E-state index is 5.75. The first-order chi connectivity index (χ1) is 8.14. The van der Waals surface area contributed by atoms with Gasteiger partial charge in [0.1, 0.15) is 0 Å². The molecule has 4 heteroatoms. The first-order valence-electron chi connectivity index (χ1n) is 6.33. The van der Waals surface area contributed by atoms with Gasteiger partial charge in [0.2, 0.25) is 0 Å². The van der Waals surface area contributed by atoms with Crippen LogP contribution in [0.1, 0.15) is 38.2 Å². The molecule has 2 aliphatic rings. The zero-order valence-corrected chi connectivity index (χ0v) is 10.5. The molecular weight excluding hydrogens is 213 g/mol. The summed E-state index contributed by atoms with van der Waals surface area (Å²) in [4.78, 5) is 4.37. The van der Waals surface area contributed by atoms with Gasteiger partial charge in [-0.15, -0.1) is 0 Å². The minimum Gasteiger partial charge on any atom is -0.406 e. The topological polar surface area (TPSA) is 31.4 Å². The summed E-state index contributed by atoms with van der Waals surface area (Å²) < 4.78 is 11.5. The molecule has 1 aromatic rings. The summed E-state index contributed by atoms with van der Waals surface area (Å²) in [6.45, 7) is 5.76. The number of aromatic nitrogens is 1. The number of pyridine rings is 1. The standard InChI is InChI=1S/C13H18BNO2/c1-13(2)8-16-14(17-9-13)12-7-11(5-6-15-12)10-3-4-10/h5-7,10H,3-4,8-9H2,1-2H3. The summed E-state index contributed by atoms with van der Waals surface area (Å²) >= 11 is 0. The molecule has 0 amide bonds. The summed E-state index contributed by atoms with van der Waals surface area (Å²) in [6, 6.07) is 4.24. The Morgan fingerprint density at radius 2 is 2.00 bits per heavy atom. The van der Waals surface area contributed by atoms with Crippen molar-refractivity contribution in [1.82, 2.24) is 4.98 Å². The lowest BCUT2D eigenvalue weighted by Crippen LogP contribution is -2.48. The van der Waals surface area contributed by atoms with E-state index in [0.717, 1.165) is 24.7 Å². The molecule has 1 aromatic heterocycles. The van der Waals surface area contributed by atoms with Crippen molar-refractivity contribution in [1.29, 1.82) is 0 Å². The van der Waals surface area contributed by atoms with Crippen LogP contribution in [0.15, 0.2) is 18.3 Å². The Bertz CT molecular complexity index is 408. The van der Waals surface area contributed by atoms with E-state index in [0.29, 0.717) is 0 Å². The van der Waals surface area contributed by atoms with Crippen LogP contribution in [0.4, 0.5) is 0 Å². The lowest BCUT2D eigenvalue weighted by molar-refractivity contribution is 0.0339. The highest BCUT2D eigenvalue weighted by atomic mass is 16.6. The van der Waals surface area contributed by atoms with Gasteiger partial charge in [0, 0.05) is 24.8 Å². The third-order valence-electron chi connectivity index (χ3n) is 3.35. The maximum Gasteiger partial charge on any atom is 0.513 e. The van der Waals surface area contributed by atoms with Crippen molar-refractivity contribution in [3.8, 4) is 0 Å². The van der Waals surface area contributed by atoms with E-state index >= 15 is 0 Å². The first-order valence-corrected chi connectivity index (χ1v) is 6.33. The van der Waals surface area contributed by atoms with Gasteiger partial charge in [-0.1, -0.05) is 13.8 Å². The molecule has 2 heterocycles. The molecule has 2 fully saturated rings. The molecule has 0 unspecified atom stereocenters. The second kappa shape index (κ2) is 4.11. The second-order valence-corrected chi connectivity index (χ2v) is 5.91. The molecule has 1 aliphatic heterocycles. The van der Waals surface area contributed by atoms with E-state index < -0.39 is 0 Å². The Morgan fingerprint density at radius 3 is 2.65 bits per heavy atom. The van der Waals surface area contributed by atoms with Crippen LogP contribution in [0.3, 0.4) is 0 Å². The maximum atomic E-state index is 5.75. The molecule has 90 valence electrons. The van der Waals surface area contributed by atoms with Gasteiger partial charge < -0.3 is 9.31 Å². The molecule has 0 radical (unpaired) electrons. The fourth-order valence-corrected chi connectivity index (χ4v) is 2.13. The average Bonchev–Trinajstić information content (AvgIpc) is 3.13. The van der Waals surface area contributed by atoms with Crippen LogP contribution in [0.5, 0.6) is 0 Å². The van der Waals surface area contributed by atoms with Crippen molar-refractivity contribution < 1.29 is 9.31 Å². The van der Waals surface area contributed by atoms with E-state index in [1.165, 1.54) is 18.4 Å². The Morgan fingerprint density at radius 1 is 1.29 bits per heavy atom. The molecule has 0 atom stereocenters. The van der Waals surface area contributed by atoms with Crippen molar-refractivity contribution in [2.24, 2.45) is 5.41 Å². The van der Waals surface area contributed by atoms with Gasteiger partial charge in [-0.3, -0.25) is 4.98 Å². The molecule has 0 bridgehead atoms. The van der Waals surface area contributed by atoms with Gasteiger partial charge in [-0.2, -0.15) is 0 Å². The van der Waals surface area contributed by atoms with E-state index in [4.69, 9.17) is 9.31 Å². The highest BCUT2D eigenvalue weighted by Crippen LogP contribution is 2.39. The molecule has 1 saturated carbocycles. The molecule has 0 aromatic carbocycles. The van der Waals surface area contributed by atoms with Crippen LogP contribution in [-0.4, -0.2) is 25.3 Å². The number of hydrogen-bond acceptors (Lipinski definition) is 3. The predicted octanol–water partition coefficient (Wildman–Crippen LogP) is 1.73. The average molecular weight is 231 g/mol. The smallest absolute Gasteiger partial charge is 0.406 e. The van der Waals surface area contributed by atoms with E-state index in [1.807, 2.05) is 6.20 Å². The van der Waals surface area contributed by atoms with E-state index in [-0.39, 0.29) is 12.5 Å². The number of hydrogen-bond donors (Lipinski definition) is 0. The van der Waals surface area contributed by atoms with Crippen molar-refractivity contribution >= 4 is 12.7 Å². The van der Waals surface area contributed by atoms with Crippen LogP contribution in [0, 0.1) is 5.41 Å². The SMILES string of the molecule is CC1(C)COB(c2cc(C3CC3)ccn2)OC1. The Hall–Kier alpha value is -0.865. The molecule has 17 heavy (non-hydrogen) atoms. The highest BCUT2D eigenvalue weighted by Gasteiger charge is 2.35. The fourth-order valence-electron chi connectivity index (χ4n) is 2.13. The summed E-state index contributed by atoms with van der Waals surface area (Å²) in [5.41, 5.74) is 2.42. The van der Waals surface area contributed by atoms with Gasteiger partial charge in [0.05, 0.1) is 5.59 Å². The monoisotopic (exact) mass is 231 g/mol. The Balaban J connectivity index is 1.73. The first kappa shape index (κ1) is 11.2. The van der Waals surface area contributed by atoms with Gasteiger partial charge in [0.25, 0.3) is 0 Å². The molecule has 3 nitrogen and oxygen atoms in total. The number of rotatable bonds is 2. The largest absolute Gasteiger partial charge is 0.513 e. The second-order valence-electron chi connectivity index (χ2n) is 5.91. The minimum atomic E-state index is -0.276. The van der Waals surface area contributed by atoms with Crippen LogP contribution in [0.25, 0.3) is 0 Å². The summed E-state index contributed by atoms with van der Waals surface area (Å²) in [5, 5.41) is 0. The third-order valence-corrected chi connectivity index (χ3v) is 3.35. The van der Waals surface area contributed by atoms with Crippen LogP contribution in [-0.2, 0) is 9.31 Å². The van der Waals surface area contributed by atoms with Gasteiger partial charge in [0.15, 0.2) is 0 Å². The van der Waals surface area contributed by atoms with Gasteiger partial charge >= 0.3 is 7.12 Å². The van der Waals surface area contributed by atoms with E-state index in [1.54, 1.807) is 0 Å². The zero-order valence-electron chi connectivity index (χ0n) is 10.5. The van der Waals surface area contributed by atoms with E-state index in [9.17, 15) is 0 Å². The predicted molar refractivity (Wildman–Crippen MR) is 67.3 cm³/mol. The lowest BCUT2D eigenvalue weighted by atomic mass is 9.79. The Kier molecular flexibility index (Phi) is 2.71. The fraction of sp³-hybridized carbons (Fsp3) is 0.615. The normalized spacial score (nSPS) is 23.8. The molecule has 0 spiro atoms. The van der Waals surface area contributed by atoms with Gasteiger partial charge in [-0.05, 0) is 36.5 Å². The molecule has 0 N–H and O–H groups in total. The van der Waals surface area contributed by atoms with Crippen LogP contribution < -0.4 is 5.59 Å². The third kappa shape index (κ3) is 2.53. The summed E-state index contributed by atoms with van der Waals surface area (Å²) in [5.74, 6) is 0.747. The van der Waals surface area contributed by atoms with Crippen molar-refractivity contribution in [3.63, 3.8) is 0 Å². The molecule has 1 aliphatic carbocycles. The quantitative estimate of drug-likeness (QED) is 0.726. The summed E-state index contributed by atoms with van der Waals surface area (Å²) in [7, 11) is -0.276.